The third-order valence-electron chi connectivity index (χ3n) is 3.92. The van der Waals surface area contributed by atoms with Gasteiger partial charge in [-0.2, -0.15) is 0 Å². The lowest BCUT2D eigenvalue weighted by molar-refractivity contribution is -0.155. The Morgan fingerprint density at radius 3 is 2.50 bits per heavy atom. The van der Waals surface area contributed by atoms with Crippen LogP contribution >= 0.6 is 0 Å². The van der Waals surface area contributed by atoms with Gasteiger partial charge in [0.15, 0.2) is 6.10 Å². The second-order valence-electron chi connectivity index (χ2n) is 6.65. The lowest BCUT2D eigenvalue weighted by Crippen LogP contribution is -2.26. The van der Waals surface area contributed by atoms with Gasteiger partial charge < -0.3 is 19.0 Å². The molecule has 2 atom stereocenters. The number of aliphatic hydroxyl groups excluding tert-OH is 1. The van der Waals surface area contributed by atoms with Crippen molar-refractivity contribution in [2.45, 2.75) is 39.4 Å². The predicted molar refractivity (Wildman–Crippen MR) is 98.1 cm³/mol. The van der Waals surface area contributed by atoms with E-state index >= 15 is 0 Å². The summed E-state index contributed by atoms with van der Waals surface area (Å²) in [5.74, 6) is -0.0328. The molecule has 2 aromatic rings. The van der Waals surface area contributed by atoms with Crippen molar-refractivity contribution in [3.63, 3.8) is 0 Å². The number of fused-ring (bicyclic) bond motifs is 1. The lowest BCUT2D eigenvalue weighted by Gasteiger charge is -2.26. The van der Waals surface area contributed by atoms with E-state index in [-0.39, 0.29) is 17.9 Å². The Morgan fingerprint density at radius 1 is 1.27 bits per heavy atom. The van der Waals surface area contributed by atoms with Gasteiger partial charge in [0, 0.05) is 17.9 Å². The maximum atomic E-state index is 12.3. The molecule has 26 heavy (non-hydrogen) atoms. The first kappa shape index (κ1) is 19.7. The Morgan fingerprint density at radius 2 is 1.92 bits per heavy atom. The van der Waals surface area contributed by atoms with Gasteiger partial charge >= 0.3 is 11.6 Å². The van der Waals surface area contributed by atoms with E-state index in [0.29, 0.717) is 22.3 Å². The SMILES string of the molecule is C=C(C)[C@H](O)[C@H](OC(=O)CC(C)C)c1c(OC)ccc2ccc(=O)oc12. The number of benzene rings is 1. The number of rotatable bonds is 7. The molecular formula is C20H24O6. The number of hydrogen-bond acceptors (Lipinski definition) is 6. The molecule has 0 radical (unpaired) electrons. The Bertz CT molecular complexity index is 864. The van der Waals surface area contributed by atoms with Crippen LogP contribution in [0.2, 0.25) is 0 Å². The molecule has 6 nitrogen and oxygen atoms in total. The van der Waals surface area contributed by atoms with Gasteiger partial charge in [0.1, 0.15) is 17.4 Å². The van der Waals surface area contributed by atoms with Crippen LogP contribution in [0.5, 0.6) is 5.75 Å². The fourth-order valence-corrected chi connectivity index (χ4v) is 2.65. The number of aliphatic hydroxyl groups is 1. The minimum absolute atomic E-state index is 0.0949. The molecule has 0 aliphatic heterocycles. The van der Waals surface area contributed by atoms with Crippen LogP contribution < -0.4 is 10.4 Å². The maximum Gasteiger partial charge on any atom is 0.336 e. The minimum atomic E-state index is -1.18. The molecule has 0 saturated heterocycles. The molecule has 1 aromatic carbocycles. The highest BCUT2D eigenvalue weighted by molar-refractivity contribution is 5.83. The smallest absolute Gasteiger partial charge is 0.336 e. The second-order valence-corrected chi connectivity index (χ2v) is 6.65. The average Bonchev–Trinajstić information content (AvgIpc) is 2.57. The summed E-state index contributed by atoms with van der Waals surface area (Å²) in [5, 5.41) is 11.2. The van der Waals surface area contributed by atoms with E-state index in [2.05, 4.69) is 6.58 Å². The van der Waals surface area contributed by atoms with Crippen LogP contribution in [0.3, 0.4) is 0 Å². The molecular weight excluding hydrogens is 336 g/mol. The van der Waals surface area contributed by atoms with Crippen molar-refractivity contribution >= 4 is 16.9 Å². The molecule has 0 aliphatic rings. The van der Waals surface area contributed by atoms with Crippen LogP contribution in [0.1, 0.15) is 38.9 Å². The van der Waals surface area contributed by atoms with E-state index < -0.39 is 23.8 Å². The van der Waals surface area contributed by atoms with Crippen LogP contribution in [0, 0.1) is 5.92 Å². The number of ether oxygens (including phenoxy) is 2. The number of carbonyl (C=O) groups excluding carboxylic acids is 1. The van der Waals surface area contributed by atoms with Crippen molar-refractivity contribution in [2.75, 3.05) is 7.11 Å². The molecule has 0 amide bonds. The predicted octanol–water partition coefficient (Wildman–Crippen LogP) is 3.37. The maximum absolute atomic E-state index is 12.3. The molecule has 1 aromatic heterocycles. The summed E-state index contributed by atoms with van der Waals surface area (Å²) in [7, 11) is 1.45. The number of carbonyl (C=O) groups is 1. The van der Waals surface area contributed by atoms with Gasteiger partial charge in [0.05, 0.1) is 12.7 Å². The zero-order valence-electron chi connectivity index (χ0n) is 15.4. The molecule has 6 heteroatoms. The zero-order valence-corrected chi connectivity index (χ0v) is 15.4. The molecule has 0 fully saturated rings. The zero-order chi connectivity index (χ0) is 19.4. The van der Waals surface area contributed by atoms with Crippen molar-refractivity contribution in [3.05, 3.63) is 52.4 Å². The van der Waals surface area contributed by atoms with E-state index in [1.165, 1.54) is 13.2 Å². The van der Waals surface area contributed by atoms with Crippen LogP contribution in [0.4, 0.5) is 0 Å². The summed E-state index contributed by atoms with van der Waals surface area (Å²) in [5.41, 5.74) is 0.364. The van der Waals surface area contributed by atoms with Crippen LogP contribution in [-0.4, -0.2) is 24.3 Å². The first-order valence-electron chi connectivity index (χ1n) is 8.38. The fraction of sp³-hybridized carbons (Fsp3) is 0.400. The van der Waals surface area contributed by atoms with Gasteiger partial charge in [-0.15, -0.1) is 0 Å². The molecule has 0 saturated carbocycles. The first-order chi connectivity index (χ1) is 12.2. The van der Waals surface area contributed by atoms with Gasteiger partial charge in [-0.25, -0.2) is 4.79 Å². The molecule has 0 aliphatic carbocycles. The average molecular weight is 360 g/mol. The van der Waals surface area contributed by atoms with Gasteiger partial charge in [-0.1, -0.05) is 20.4 Å². The first-order valence-corrected chi connectivity index (χ1v) is 8.38. The van der Waals surface area contributed by atoms with Crippen LogP contribution in [-0.2, 0) is 9.53 Å². The Kier molecular flexibility index (Phi) is 6.21. The normalized spacial score (nSPS) is 13.5. The minimum Gasteiger partial charge on any atom is -0.496 e. The van der Waals surface area contributed by atoms with Gasteiger partial charge in [-0.05, 0) is 36.6 Å². The monoisotopic (exact) mass is 360 g/mol. The molecule has 0 unspecified atom stereocenters. The van der Waals surface area contributed by atoms with Crippen molar-refractivity contribution in [1.82, 2.24) is 0 Å². The summed E-state index contributed by atoms with van der Waals surface area (Å²) < 4.78 is 16.3. The molecule has 2 rings (SSSR count). The number of hydrogen-bond donors (Lipinski definition) is 1. The van der Waals surface area contributed by atoms with E-state index in [0.717, 1.165) is 0 Å². The van der Waals surface area contributed by atoms with Crippen molar-refractivity contribution in [2.24, 2.45) is 5.92 Å². The fourth-order valence-electron chi connectivity index (χ4n) is 2.65. The van der Waals surface area contributed by atoms with Crippen molar-refractivity contribution in [3.8, 4) is 5.75 Å². The van der Waals surface area contributed by atoms with Gasteiger partial charge in [-0.3, -0.25) is 4.79 Å². The lowest BCUT2D eigenvalue weighted by atomic mass is 9.96. The molecule has 140 valence electrons. The topological polar surface area (TPSA) is 86.0 Å². The standard InChI is InChI=1S/C20H24O6/c1-11(2)10-16(22)26-20(18(23)12(3)4)17-14(24-5)8-6-13-7-9-15(21)25-19(13)17/h6-9,11,18,20,23H,3,10H2,1-2,4-5H3/t18-,20+/m0/s1. The highest BCUT2D eigenvalue weighted by Crippen LogP contribution is 2.38. The highest BCUT2D eigenvalue weighted by atomic mass is 16.6. The number of esters is 1. The van der Waals surface area contributed by atoms with Gasteiger partial charge in [0.25, 0.3) is 0 Å². The largest absolute Gasteiger partial charge is 0.496 e. The molecule has 0 bridgehead atoms. The van der Waals surface area contributed by atoms with E-state index in [9.17, 15) is 14.7 Å². The van der Waals surface area contributed by atoms with Crippen molar-refractivity contribution in [1.29, 1.82) is 0 Å². The molecule has 1 N–H and O–H groups in total. The van der Waals surface area contributed by atoms with Crippen LogP contribution in [0.25, 0.3) is 11.0 Å². The number of methoxy groups -OCH3 is 1. The Labute approximate surface area is 152 Å². The summed E-state index contributed by atoms with van der Waals surface area (Å²) in [6.45, 7) is 9.16. The summed E-state index contributed by atoms with van der Waals surface area (Å²) in [6, 6.07) is 6.30. The van der Waals surface area contributed by atoms with Crippen LogP contribution in [0.15, 0.2) is 45.6 Å². The highest BCUT2D eigenvalue weighted by Gasteiger charge is 2.32. The third-order valence-corrected chi connectivity index (χ3v) is 3.92. The summed E-state index contributed by atoms with van der Waals surface area (Å²) >= 11 is 0. The molecule has 1 heterocycles. The summed E-state index contributed by atoms with van der Waals surface area (Å²) in [6.07, 6.45) is -2.10. The Balaban J connectivity index is 2.66. The summed E-state index contributed by atoms with van der Waals surface area (Å²) in [4.78, 5) is 24.0. The second kappa shape index (κ2) is 8.19. The molecule has 0 spiro atoms. The Hall–Kier alpha value is -2.60. The van der Waals surface area contributed by atoms with Crippen molar-refractivity contribution < 1.29 is 23.8 Å². The van der Waals surface area contributed by atoms with E-state index in [1.807, 2.05) is 13.8 Å². The third kappa shape index (κ3) is 4.32. The van der Waals surface area contributed by atoms with Gasteiger partial charge in [0.2, 0.25) is 0 Å². The van der Waals surface area contributed by atoms with E-state index in [1.54, 1.807) is 25.1 Å². The quantitative estimate of drug-likeness (QED) is 0.463. The van der Waals surface area contributed by atoms with E-state index in [4.69, 9.17) is 13.9 Å².